The van der Waals surface area contributed by atoms with E-state index >= 15 is 0 Å². The molecule has 0 fully saturated rings. The van der Waals surface area contributed by atoms with E-state index in [0.29, 0.717) is 11.6 Å². The van der Waals surface area contributed by atoms with Crippen LogP contribution in [0.5, 0.6) is 5.75 Å². The van der Waals surface area contributed by atoms with Crippen LogP contribution in [-0.4, -0.2) is 28.0 Å². The Labute approximate surface area is 142 Å². The Balaban J connectivity index is 1.80. The van der Waals surface area contributed by atoms with Gasteiger partial charge in [-0.05, 0) is 30.7 Å². The summed E-state index contributed by atoms with van der Waals surface area (Å²) in [6.45, 7) is 2.03. The highest BCUT2D eigenvalue weighted by Crippen LogP contribution is 2.26. The summed E-state index contributed by atoms with van der Waals surface area (Å²) in [5.74, 6) is 0.510. The summed E-state index contributed by atoms with van der Waals surface area (Å²) >= 11 is 0. The normalized spacial score (nSPS) is 10.6. The van der Waals surface area contributed by atoms with Gasteiger partial charge in [0, 0.05) is 23.4 Å². The van der Waals surface area contributed by atoms with Crippen molar-refractivity contribution in [1.29, 1.82) is 0 Å². The molecule has 128 valence electrons. The Bertz CT molecular complexity index is 919. The van der Waals surface area contributed by atoms with Crippen molar-refractivity contribution in [2.24, 2.45) is 0 Å². The second-order valence-electron chi connectivity index (χ2n) is 5.44. The summed E-state index contributed by atoms with van der Waals surface area (Å²) in [4.78, 5) is 29.1. The molecule has 1 N–H and O–H groups in total. The van der Waals surface area contributed by atoms with Crippen LogP contribution in [0.25, 0.3) is 11.4 Å². The Morgan fingerprint density at radius 1 is 1.32 bits per heavy atom. The van der Waals surface area contributed by atoms with Gasteiger partial charge in [0.15, 0.2) is 5.69 Å². The summed E-state index contributed by atoms with van der Waals surface area (Å²) in [7, 11) is 1.30. The molecule has 0 saturated carbocycles. The van der Waals surface area contributed by atoms with E-state index in [4.69, 9.17) is 4.74 Å². The van der Waals surface area contributed by atoms with Crippen molar-refractivity contribution in [1.82, 2.24) is 9.97 Å². The third kappa shape index (κ3) is 3.42. The van der Waals surface area contributed by atoms with Gasteiger partial charge >= 0.3 is 5.97 Å². The zero-order valence-corrected chi connectivity index (χ0v) is 13.6. The van der Waals surface area contributed by atoms with Crippen LogP contribution in [-0.2, 0) is 11.3 Å². The lowest BCUT2D eigenvalue weighted by Gasteiger charge is -2.10. The predicted octanol–water partition coefficient (Wildman–Crippen LogP) is 3.10. The number of hydrogen-bond acceptors (Lipinski definition) is 6. The van der Waals surface area contributed by atoms with E-state index in [-0.39, 0.29) is 18.0 Å². The minimum Gasteiger partial charge on any atom is -0.488 e. The van der Waals surface area contributed by atoms with Crippen molar-refractivity contribution in [2.75, 3.05) is 7.11 Å². The Kier molecular flexibility index (Phi) is 4.34. The van der Waals surface area contributed by atoms with Crippen LogP contribution in [0.3, 0.4) is 0 Å². The zero-order chi connectivity index (χ0) is 18.0. The second-order valence-corrected chi connectivity index (χ2v) is 5.44. The number of ether oxygens (including phenoxy) is 2. The lowest BCUT2D eigenvalue weighted by Crippen LogP contribution is -2.00. The van der Waals surface area contributed by atoms with Crippen LogP contribution >= 0.6 is 0 Å². The number of nitro benzene ring substituents is 1. The van der Waals surface area contributed by atoms with E-state index in [2.05, 4.69) is 14.7 Å². The van der Waals surface area contributed by atoms with Crippen molar-refractivity contribution in [2.45, 2.75) is 13.5 Å². The predicted molar refractivity (Wildman–Crippen MR) is 88.7 cm³/mol. The van der Waals surface area contributed by atoms with E-state index in [1.807, 2.05) is 13.0 Å². The molecule has 2 aliphatic heterocycles. The van der Waals surface area contributed by atoms with Gasteiger partial charge in [-0.1, -0.05) is 0 Å². The fourth-order valence-electron chi connectivity index (χ4n) is 2.37. The lowest BCUT2D eigenvalue weighted by molar-refractivity contribution is -0.385. The lowest BCUT2D eigenvalue weighted by atomic mass is 10.2. The zero-order valence-electron chi connectivity index (χ0n) is 13.6. The molecule has 1 aromatic rings. The number of aromatic amines is 1. The molecule has 0 bridgehead atoms. The first-order valence-corrected chi connectivity index (χ1v) is 7.42. The molecule has 0 amide bonds. The molecule has 0 aromatic heterocycles. The quantitative estimate of drug-likeness (QED) is 0.434. The Hall–Kier alpha value is -3.42. The van der Waals surface area contributed by atoms with Gasteiger partial charge in [-0.3, -0.25) is 10.1 Å². The molecule has 3 rings (SSSR count). The summed E-state index contributed by atoms with van der Waals surface area (Å²) < 4.78 is 10.4. The van der Waals surface area contributed by atoms with Crippen LogP contribution in [0.4, 0.5) is 5.69 Å². The summed E-state index contributed by atoms with van der Waals surface area (Å²) in [5, 5.41) is 10.9. The number of nitrogens with zero attached hydrogens (tertiary/aromatic N) is 2. The number of carbonyl (C=O) groups is 1. The maximum atomic E-state index is 11.5. The monoisotopic (exact) mass is 341 g/mol. The smallest absolute Gasteiger partial charge is 0.356 e. The van der Waals surface area contributed by atoms with Crippen LogP contribution in [0, 0.1) is 17.0 Å². The Morgan fingerprint density at radius 3 is 2.84 bits per heavy atom. The van der Waals surface area contributed by atoms with Gasteiger partial charge in [-0.25, -0.2) is 9.78 Å². The van der Waals surface area contributed by atoms with E-state index in [1.54, 1.807) is 18.3 Å². The van der Waals surface area contributed by atoms with Crippen molar-refractivity contribution in [3.63, 3.8) is 0 Å². The molecule has 1 aromatic carbocycles. The van der Waals surface area contributed by atoms with Gasteiger partial charge in [0.25, 0.3) is 5.69 Å². The highest BCUT2D eigenvalue weighted by Gasteiger charge is 2.16. The number of methoxy groups -OCH3 is 1. The van der Waals surface area contributed by atoms with Gasteiger partial charge < -0.3 is 14.5 Å². The highest BCUT2D eigenvalue weighted by atomic mass is 16.6. The van der Waals surface area contributed by atoms with Crippen molar-refractivity contribution < 1.29 is 19.2 Å². The number of carbonyl (C=O) groups excluding carboxylic acids is 1. The number of non-ortho nitro benzene ring substituents is 1. The molecule has 8 heteroatoms. The van der Waals surface area contributed by atoms with Gasteiger partial charge in [0.2, 0.25) is 0 Å². The minimum atomic E-state index is -0.505. The van der Waals surface area contributed by atoms with Crippen molar-refractivity contribution in [3.8, 4) is 17.1 Å². The van der Waals surface area contributed by atoms with Crippen LogP contribution in [0.15, 0.2) is 36.5 Å². The maximum Gasteiger partial charge on any atom is 0.356 e. The molecule has 0 aliphatic carbocycles. The number of benzene rings is 1. The number of H-pyrrole nitrogens is 1. The van der Waals surface area contributed by atoms with Gasteiger partial charge in [0.05, 0.1) is 18.1 Å². The standard InChI is InChI=1S/C17H15N3O5/c1-10-3-4-13(20(22)23)7-15(10)25-9-11-5-12-6-14(17(21)24-2)19-16(12)18-8-11/h3-8H,9H2,1-2H3,(H,18,19). The number of rotatable bonds is 5. The van der Waals surface area contributed by atoms with E-state index in [0.717, 1.165) is 16.7 Å². The summed E-state index contributed by atoms with van der Waals surface area (Å²) in [6, 6.07) is 7.94. The van der Waals surface area contributed by atoms with Crippen molar-refractivity contribution >= 4 is 11.7 Å². The topological polar surface area (TPSA) is 107 Å². The molecule has 0 unspecified atom stereocenters. The van der Waals surface area contributed by atoms with E-state index < -0.39 is 10.9 Å². The minimum absolute atomic E-state index is 0.0226. The molecule has 8 nitrogen and oxygen atoms in total. The maximum absolute atomic E-state index is 11.5. The molecule has 0 spiro atoms. The van der Waals surface area contributed by atoms with Gasteiger partial charge in [-0.2, -0.15) is 0 Å². The third-order valence-electron chi connectivity index (χ3n) is 3.70. The molecular weight excluding hydrogens is 326 g/mol. The SMILES string of the molecule is COC(=O)c1cc2cc(COc3cc([N+](=O)[O-])ccc3C)c[nH]c-2n1. The number of pyridine rings is 1. The van der Waals surface area contributed by atoms with Crippen LogP contribution in [0.1, 0.15) is 21.6 Å². The molecule has 0 saturated heterocycles. The number of aromatic nitrogens is 2. The first-order chi connectivity index (χ1) is 12.0. The number of aryl methyl sites for hydroxylation is 1. The average molecular weight is 341 g/mol. The van der Waals surface area contributed by atoms with Gasteiger partial charge in [-0.15, -0.1) is 0 Å². The molecular formula is C17H15N3O5. The number of esters is 1. The number of hydrogen-bond donors (Lipinski definition) is 1. The molecule has 0 atom stereocenters. The molecule has 0 radical (unpaired) electrons. The number of nitro groups is 1. The average Bonchev–Trinajstić information content (AvgIpc) is 3.03. The van der Waals surface area contributed by atoms with Crippen LogP contribution in [0.2, 0.25) is 0 Å². The molecule has 2 aliphatic rings. The fraction of sp³-hybridized carbons (Fsp3) is 0.176. The molecule has 25 heavy (non-hydrogen) atoms. The number of nitrogens with one attached hydrogen (secondary N) is 1. The largest absolute Gasteiger partial charge is 0.488 e. The highest BCUT2D eigenvalue weighted by molar-refractivity contribution is 5.90. The van der Waals surface area contributed by atoms with Crippen molar-refractivity contribution in [3.05, 3.63) is 63.5 Å². The second kappa shape index (κ2) is 6.60. The molecule has 2 heterocycles. The number of fused-ring (bicyclic) bond motifs is 1. The van der Waals surface area contributed by atoms with Gasteiger partial charge in [0.1, 0.15) is 18.2 Å². The van der Waals surface area contributed by atoms with E-state index in [1.165, 1.54) is 19.2 Å². The first kappa shape index (κ1) is 16.4. The summed E-state index contributed by atoms with van der Waals surface area (Å²) in [5.41, 5.74) is 2.56. The Morgan fingerprint density at radius 2 is 2.12 bits per heavy atom. The summed E-state index contributed by atoms with van der Waals surface area (Å²) in [6.07, 6.45) is 1.71. The van der Waals surface area contributed by atoms with E-state index in [9.17, 15) is 14.9 Å². The fourth-order valence-corrected chi connectivity index (χ4v) is 2.37. The van der Waals surface area contributed by atoms with Crippen LogP contribution < -0.4 is 4.74 Å². The first-order valence-electron chi connectivity index (χ1n) is 7.42. The third-order valence-corrected chi connectivity index (χ3v) is 3.70.